The lowest BCUT2D eigenvalue weighted by atomic mass is 10.2. The third-order valence-electron chi connectivity index (χ3n) is 5.08. The van der Waals surface area contributed by atoms with Crippen molar-refractivity contribution in [3.8, 4) is 11.5 Å². The van der Waals surface area contributed by atoms with Crippen LogP contribution in [0.3, 0.4) is 0 Å². The second-order valence-corrected chi connectivity index (χ2v) is 9.08. The SMILES string of the molecule is CCc1nc2ccc(Br)cc2c(=O)n1N=Cc1ccc(OCc2ccc(Cl)c(Cl)c2)c(OC)c1. The highest BCUT2D eigenvalue weighted by molar-refractivity contribution is 9.10. The number of nitrogens with zero attached hydrogens (tertiary/aromatic N) is 3. The molecule has 9 heteroatoms. The van der Waals surface area contributed by atoms with Crippen LogP contribution in [0, 0.1) is 0 Å². The van der Waals surface area contributed by atoms with Gasteiger partial charge in [-0.25, -0.2) is 4.98 Å². The van der Waals surface area contributed by atoms with Gasteiger partial charge >= 0.3 is 0 Å². The van der Waals surface area contributed by atoms with Gasteiger partial charge in [0.15, 0.2) is 11.5 Å². The van der Waals surface area contributed by atoms with E-state index in [2.05, 4.69) is 26.0 Å². The molecule has 34 heavy (non-hydrogen) atoms. The van der Waals surface area contributed by atoms with E-state index in [1.807, 2.05) is 31.2 Å². The Morgan fingerprint density at radius 2 is 1.88 bits per heavy atom. The molecule has 0 bridgehead atoms. The molecule has 0 radical (unpaired) electrons. The van der Waals surface area contributed by atoms with E-state index in [0.717, 1.165) is 15.6 Å². The molecule has 3 aromatic carbocycles. The van der Waals surface area contributed by atoms with Gasteiger partial charge in [0.25, 0.3) is 5.56 Å². The Bertz CT molecular complexity index is 1450. The van der Waals surface area contributed by atoms with Gasteiger partial charge < -0.3 is 9.47 Å². The van der Waals surface area contributed by atoms with Crippen molar-refractivity contribution < 1.29 is 9.47 Å². The number of ether oxygens (including phenoxy) is 2. The predicted octanol–water partition coefficient (Wildman–Crippen LogP) is 6.50. The van der Waals surface area contributed by atoms with Crippen LogP contribution in [0.1, 0.15) is 23.9 Å². The van der Waals surface area contributed by atoms with Crippen LogP contribution < -0.4 is 15.0 Å². The lowest BCUT2D eigenvalue weighted by molar-refractivity contribution is 0.284. The zero-order valence-corrected chi connectivity index (χ0v) is 21.5. The van der Waals surface area contributed by atoms with Crippen LogP contribution in [0.15, 0.2) is 69.0 Å². The van der Waals surface area contributed by atoms with E-state index in [1.165, 1.54) is 4.68 Å². The average molecular weight is 561 g/mol. The van der Waals surface area contributed by atoms with E-state index in [9.17, 15) is 4.79 Å². The van der Waals surface area contributed by atoms with Crippen molar-refractivity contribution in [2.24, 2.45) is 5.10 Å². The highest BCUT2D eigenvalue weighted by Crippen LogP contribution is 2.29. The molecular formula is C25H20BrCl2N3O3. The second-order valence-electron chi connectivity index (χ2n) is 7.35. The first-order valence-electron chi connectivity index (χ1n) is 10.4. The lowest BCUT2D eigenvalue weighted by Gasteiger charge is -2.12. The van der Waals surface area contributed by atoms with Gasteiger partial charge in [0, 0.05) is 10.9 Å². The molecule has 0 unspecified atom stereocenters. The number of rotatable bonds is 7. The number of hydrogen-bond acceptors (Lipinski definition) is 5. The first-order chi connectivity index (χ1) is 16.4. The van der Waals surface area contributed by atoms with Crippen molar-refractivity contribution in [2.45, 2.75) is 20.0 Å². The fourth-order valence-electron chi connectivity index (χ4n) is 3.34. The molecule has 0 aliphatic heterocycles. The molecule has 4 aromatic rings. The molecule has 0 amide bonds. The molecule has 0 spiro atoms. The number of methoxy groups -OCH3 is 1. The molecule has 0 aliphatic rings. The van der Waals surface area contributed by atoms with E-state index in [4.69, 9.17) is 32.7 Å². The molecule has 0 saturated heterocycles. The largest absolute Gasteiger partial charge is 0.493 e. The van der Waals surface area contributed by atoms with Gasteiger partial charge in [0.2, 0.25) is 0 Å². The Balaban J connectivity index is 1.60. The number of fused-ring (bicyclic) bond motifs is 1. The summed E-state index contributed by atoms with van der Waals surface area (Å²) < 4.78 is 13.5. The van der Waals surface area contributed by atoms with Crippen molar-refractivity contribution >= 4 is 56.2 Å². The predicted molar refractivity (Wildman–Crippen MR) is 140 cm³/mol. The fraction of sp³-hybridized carbons (Fsp3) is 0.160. The van der Waals surface area contributed by atoms with Crippen molar-refractivity contribution in [3.05, 3.63) is 96.4 Å². The maximum absolute atomic E-state index is 13.0. The van der Waals surface area contributed by atoms with Crippen LogP contribution in [0.2, 0.25) is 10.0 Å². The van der Waals surface area contributed by atoms with Crippen LogP contribution in [0.25, 0.3) is 10.9 Å². The number of hydrogen-bond donors (Lipinski definition) is 0. The van der Waals surface area contributed by atoms with Crippen LogP contribution in [0.5, 0.6) is 11.5 Å². The van der Waals surface area contributed by atoms with E-state index < -0.39 is 0 Å². The summed E-state index contributed by atoms with van der Waals surface area (Å²) in [5.41, 5.74) is 2.03. The summed E-state index contributed by atoms with van der Waals surface area (Å²) in [7, 11) is 1.56. The summed E-state index contributed by atoms with van der Waals surface area (Å²) in [4.78, 5) is 17.6. The molecule has 174 valence electrons. The molecule has 0 fully saturated rings. The minimum Gasteiger partial charge on any atom is -0.493 e. The highest BCUT2D eigenvalue weighted by atomic mass is 79.9. The number of halogens is 3. The van der Waals surface area contributed by atoms with Crippen molar-refractivity contribution in [1.29, 1.82) is 0 Å². The molecule has 0 atom stereocenters. The summed E-state index contributed by atoms with van der Waals surface area (Å²) in [5.74, 6) is 1.67. The van der Waals surface area contributed by atoms with Gasteiger partial charge in [-0.15, -0.1) is 0 Å². The molecule has 1 heterocycles. The fourth-order valence-corrected chi connectivity index (χ4v) is 4.02. The normalized spacial score (nSPS) is 11.3. The summed E-state index contributed by atoms with van der Waals surface area (Å²) >= 11 is 15.5. The number of benzene rings is 3. The van der Waals surface area contributed by atoms with Gasteiger partial charge in [-0.05, 0) is 59.7 Å². The summed E-state index contributed by atoms with van der Waals surface area (Å²) in [6.45, 7) is 2.23. The second kappa shape index (κ2) is 10.6. The third kappa shape index (κ3) is 5.27. The van der Waals surface area contributed by atoms with Crippen molar-refractivity contribution in [3.63, 3.8) is 0 Å². The van der Waals surface area contributed by atoms with Gasteiger partial charge in [0.1, 0.15) is 12.4 Å². The zero-order chi connectivity index (χ0) is 24.2. The van der Waals surface area contributed by atoms with Gasteiger partial charge in [-0.1, -0.05) is 52.1 Å². The van der Waals surface area contributed by atoms with Crippen LogP contribution in [0.4, 0.5) is 0 Å². The van der Waals surface area contributed by atoms with Crippen molar-refractivity contribution in [2.75, 3.05) is 7.11 Å². The van der Waals surface area contributed by atoms with Crippen molar-refractivity contribution in [1.82, 2.24) is 9.66 Å². The maximum Gasteiger partial charge on any atom is 0.282 e. The minimum absolute atomic E-state index is 0.229. The van der Waals surface area contributed by atoms with E-state index >= 15 is 0 Å². The summed E-state index contributed by atoms with van der Waals surface area (Å²) in [6, 6.07) is 16.2. The Labute approximate surface area is 214 Å². The Hall–Kier alpha value is -2.87. The first kappa shape index (κ1) is 24.3. The van der Waals surface area contributed by atoms with Gasteiger partial charge in [-0.2, -0.15) is 9.78 Å². The molecule has 0 aliphatic carbocycles. The monoisotopic (exact) mass is 559 g/mol. The molecular weight excluding hydrogens is 541 g/mol. The van der Waals surface area contributed by atoms with E-state index in [1.54, 1.807) is 43.7 Å². The topological polar surface area (TPSA) is 65.7 Å². The molecule has 0 saturated carbocycles. The smallest absolute Gasteiger partial charge is 0.282 e. The van der Waals surface area contributed by atoms with E-state index in [-0.39, 0.29) is 5.56 Å². The maximum atomic E-state index is 13.0. The van der Waals surface area contributed by atoms with Gasteiger partial charge in [0.05, 0.1) is 34.3 Å². The molecule has 0 N–H and O–H groups in total. The van der Waals surface area contributed by atoms with Crippen LogP contribution >= 0.6 is 39.1 Å². The summed E-state index contributed by atoms with van der Waals surface area (Å²) in [6.07, 6.45) is 2.15. The Morgan fingerprint density at radius 3 is 2.62 bits per heavy atom. The number of aromatic nitrogens is 2. The Kier molecular flexibility index (Phi) is 7.56. The molecule has 6 nitrogen and oxygen atoms in total. The lowest BCUT2D eigenvalue weighted by Crippen LogP contribution is -2.22. The quantitative estimate of drug-likeness (QED) is 0.242. The molecule has 1 aromatic heterocycles. The number of aryl methyl sites for hydroxylation is 1. The Morgan fingerprint density at radius 1 is 1.06 bits per heavy atom. The average Bonchev–Trinajstić information content (AvgIpc) is 2.84. The summed E-state index contributed by atoms with van der Waals surface area (Å²) in [5, 5.41) is 5.88. The standard InChI is InChI=1S/C25H20BrCl2N3O3/c1-3-24-30-21-8-6-17(26)12-18(21)25(32)31(24)29-13-15-5-9-22(23(11-15)33-2)34-14-16-4-7-19(27)20(28)10-16/h4-13H,3,14H2,1-2H3. The van der Waals surface area contributed by atoms with Gasteiger partial charge in [-0.3, -0.25) is 4.79 Å². The molecule has 4 rings (SSSR count). The first-order valence-corrected chi connectivity index (χ1v) is 11.9. The zero-order valence-electron chi connectivity index (χ0n) is 18.4. The minimum atomic E-state index is -0.229. The van der Waals surface area contributed by atoms with E-state index in [0.29, 0.717) is 51.3 Å². The van der Waals surface area contributed by atoms with Crippen LogP contribution in [-0.2, 0) is 13.0 Å². The highest BCUT2D eigenvalue weighted by Gasteiger charge is 2.11. The third-order valence-corrected chi connectivity index (χ3v) is 6.31. The van der Waals surface area contributed by atoms with Crippen LogP contribution in [-0.4, -0.2) is 23.0 Å².